The molecule has 0 saturated carbocycles. The highest BCUT2D eigenvalue weighted by molar-refractivity contribution is 7.89. The number of anilines is 1. The Kier molecular flexibility index (Phi) is 7.01. The Morgan fingerprint density at radius 3 is 2.52 bits per heavy atom. The number of amides is 1. The smallest absolute Gasteiger partial charge is 0.354 e. The van der Waals surface area contributed by atoms with Crippen LogP contribution >= 0.6 is 0 Å². The number of carbonyl (C=O) groups excluding carboxylic acids is 2. The van der Waals surface area contributed by atoms with Crippen LogP contribution in [-0.2, 0) is 26.6 Å². The number of carbonyl (C=O) groups is 2. The fourth-order valence-corrected chi connectivity index (χ4v) is 5.26. The summed E-state index contributed by atoms with van der Waals surface area (Å²) in [7, 11) is -2.39. The number of nitrogens with zero attached hydrogens (tertiary/aromatic N) is 2. The third-order valence-electron chi connectivity index (χ3n) is 5.01. The van der Waals surface area contributed by atoms with E-state index in [9.17, 15) is 18.0 Å². The van der Waals surface area contributed by atoms with Gasteiger partial charge in [0.05, 0.1) is 13.2 Å². The molecule has 1 aliphatic rings. The maximum atomic E-state index is 13.2. The Morgan fingerprint density at radius 2 is 1.87 bits per heavy atom. The largest absolute Gasteiger partial charge is 0.494 e. The van der Waals surface area contributed by atoms with Crippen molar-refractivity contribution >= 4 is 27.6 Å². The van der Waals surface area contributed by atoms with Gasteiger partial charge in [-0.1, -0.05) is 0 Å². The van der Waals surface area contributed by atoms with E-state index in [0.717, 1.165) is 0 Å². The third kappa shape index (κ3) is 4.91. The molecule has 9 nitrogen and oxygen atoms in total. The molecule has 0 bridgehead atoms. The standard InChI is InChI=1S/C21H27N3O6S/c1-4-29-16-10-8-15(9-11-16)22-20(25)18-7-6-12-24(18)31(27,28)17-13-19(23(3)14-17)21(26)30-5-2/h8-11,13-14,18H,4-7,12H2,1-3H3,(H,22,25)/t18-/m1/s1. The van der Waals surface area contributed by atoms with Crippen LogP contribution in [0, 0.1) is 0 Å². The summed E-state index contributed by atoms with van der Waals surface area (Å²) in [5, 5.41) is 2.78. The van der Waals surface area contributed by atoms with E-state index in [-0.39, 0.29) is 23.7 Å². The van der Waals surface area contributed by atoms with Gasteiger partial charge in [0.15, 0.2) is 0 Å². The first-order valence-electron chi connectivity index (χ1n) is 10.2. The first kappa shape index (κ1) is 22.8. The molecule has 168 valence electrons. The van der Waals surface area contributed by atoms with E-state index >= 15 is 0 Å². The topological polar surface area (TPSA) is 107 Å². The van der Waals surface area contributed by atoms with E-state index in [4.69, 9.17) is 9.47 Å². The Balaban J connectivity index is 1.77. The van der Waals surface area contributed by atoms with E-state index in [0.29, 0.717) is 30.9 Å². The molecular weight excluding hydrogens is 422 g/mol. The number of esters is 1. The van der Waals surface area contributed by atoms with Gasteiger partial charge >= 0.3 is 5.97 Å². The predicted octanol–water partition coefficient (Wildman–Crippen LogP) is 2.39. The predicted molar refractivity (Wildman–Crippen MR) is 115 cm³/mol. The summed E-state index contributed by atoms with van der Waals surface area (Å²) in [5.74, 6) is -0.309. The molecule has 1 aromatic carbocycles. The molecule has 0 aliphatic carbocycles. The van der Waals surface area contributed by atoms with Gasteiger partial charge < -0.3 is 19.4 Å². The molecule has 3 rings (SSSR count). The molecule has 10 heteroatoms. The first-order chi connectivity index (χ1) is 14.8. The molecule has 1 fully saturated rings. The minimum Gasteiger partial charge on any atom is -0.494 e. The summed E-state index contributed by atoms with van der Waals surface area (Å²) >= 11 is 0. The van der Waals surface area contributed by atoms with Crippen molar-refractivity contribution in [3.05, 3.63) is 42.2 Å². The van der Waals surface area contributed by atoms with Crippen molar-refractivity contribution in [1.82, 2.24) is 8.87 Å². The summed E-state index contributed by atoms with van der Waals surface area (Å²) in [6.45, 7) is 4.51. The van der Waals surface area contributed by atoms with Crippen molar-refractivity contribution in [3.63, 3.8) is 0 Å². The second-order valence-corrected chi connectivity index (χ2v) is 9.00. The zero-order valence-corrected chi connectivity index (χ0v) is 18.6. The number of hydrogen-bond acceptors (Lipinski definition) is 6. The number of rotatable bonds is 8. The number of aryl methyl sites for hydroxylation is 1. The number of nitrogens with one attached hydrogen (secondary N) is 1. The molecule has 2 heterocycles. The van der Waals surface area contributed by atoms with Gasteiger partial charge in [-0.05, 0) is 57.0 Å². The van der Waals surface area contributed by atoms with Gasteiger partial charge in [0, 0.05) is 25.5 Å². The van der Waals surface area contributed by atoms with Crippen LogP contribution in [0.3, 0.4) is 0 Å². The maximum absolute atomic E-state index is 13.2. The number of ether oxygens (including phenoxy) is 2. The number of sulfonamides is 1. The Morgan fingerprint density at radius 1 is 1.16 bits per heavy atom. The molecule has 1 N–H and O–H groups in total. The van der Waals surface area contributed by atoms with Crippen LogP contribution in [0.1, 0.15) is 37.2 Å². The van der Waals surface area contributed by atoms with Gasteiger partial charge in [0.1, 0.15) is 22.4 Å². The van der Waals surface area contributed by atoms with Crippen LogP contribution < -0.4 is 10.1 Å². The summed E-state index contributed by atoms with van der Waals surface area (Å²) < 4.78 is 39.4. The van der Waals surface area contributed by atoms with E-state index in [1.165, 1.54) is 21.1 Å². The lowest BCUT2D eigenvalue weighted by atomic mass is 10.2. The van der Waals surface area contributed by atoms with Crippen LogP contribution in [0.15, 0.2) is 41.4 Å². The molecule has 0 spiro atoms. The zero-order chi connectivity index (χ0) is 22.6. The minimum absolute atomic E-state index is 0.0428. The van der Waals surface area contributed by atoms with Crippen molar-refractivity contribution in [2.45, 2.75) is 37.6 Å². The molecular formula is C21H27N3O6S. The average molecular weight is 450 g/mol. The molecule has 1 aliphatic heterocycles. The fourth-order valence-electron chi connectivity index (χ4n) is 3.54. The number of aromatic nitrogens is 1. The lowest BCUT2D eigenvalue weighted by molar-refractivity contribution is -0.119. The number of benzene rings is 1. The van der Waals surface area contributed by atoms with Crippen molar-refractivity contribution in [1.29, 1.82) is 0 Å². The Labute approximate surface area is 182 Å². The lowest BCUT2D eigenvalue weighted by Crippen LogP contribution is -2.43. The maximum Gasteiger partial charge on any atom is 0.354 e. The first-order valence-corrected chi connectivity index (χ1v) is 11.6. The van der Waals surface area contributed by atoms with Crippen LogP contribution in [0.4, 0.5) is 5.69 Å². The van der Waals surface area contributed by atoms with Crippen LogP contribution in [-0.4, -0.2) is 55.0 Å². The van der Waals surface area contributed by atoms with Gasteiger partial charge in [0.2, 0.25) is 15.9 Å². The van der Waals surface area contributed by atoms with Crippen molar-refractivity contribution < 1.29 is 27.5 Å². The third-order valence-corrected chi connectivity index (χ3v) is 6.88. The highest BCUT2D eigenvalue weighted by Crippen LogP contribution is 2.28. The van der Waals surface area contributed by atoms with Crippen LogP contribution in [0.25, 0.3) is 0 Å². The van der Waals surface area contributed by atoms with Crippen molar-refractivity contribution in [2.75, 3.05) is 25.1 Å². The molecule has 0 radical (unpaired) electrons. The molecule has 1 atom stereocenters. The molecule has 1 saturated heterocycles. The molecule has 0 unspecified atom stereocenters. The molecule has 31 heavy (non-hydrogen) atoms. The zero-order valence-electron chi connectivity index (χ0n) is 17.8. The summed E-state index contributed by atoms with van der Waals surface area (Å²) in [4.78, 5) is 24.9. The van der Waals surface area contributed by atoms with Gasteiger partial charge in [-0.3, -0.25) is 4.79 Å². The second kappa shape index (κ2) is 9.52. The average Bonchev–Trinajstić information content (AvgIpc) is 3.37. The molecule has 1 aromatic heterocycles. The second-order valence-electron chi connectivity index (χ2n) is 7.11. The van der Waals surface area contributed by atoms with Gasteiger partial charge in [-0.25, -0.2) is 13.2 Å². The van der Waals surface area contributed by atoms with Crippen LogP contribution in [0.5, 0.6) is 5.75 Å². The SMILES string of the molecule is CCOC(=O)c1cc(S(=O)(=O)N2CCC[C@@H]2C(=O)Nc2ccc(OCC)cc2)cn1C. The monoisotopic (exact) mass is 449 g/mol. The van der Waals surface area contributed by atoms with Crippen molar-refractivity contribution in [2.24, 2.45) is 7.05 Å². The van der Waals surface area contributed by atoms with E-state index in [1.54, 1.807) is 38.2 Å². The normalized spacial score (nSPS) is 16.8. The molecule has 1 amide bonds. The number of hydrogen-bond donors (Lipinski definition) is 1. The van der Waals surface area contributed by atoms with E-state index < -0.39 is 27.9 Å². The summed E-state index contributed by atoms with van der Waals surface area (Å²) in [5.41, 5.74) is 0.692. The molecule has 2 aromatic rings. The van der Waals surface area contributed by atoms with Crippen LogP contribution in [0.2, 0.25) is 0 Å². The summed E-state index contributed by atoms with van der Waals surface area (Å²) in [6.07, 6.45) is 2.35. The Hall–Kier alpha value is -2.85. The quantitative estimate of drug-likeness (QED) is 0.620. The van der Waals surface area contributed by atoms with Gasteiger partial charge in [0.25, 0.3) is 0 Å². The lowest BCUT2D eigenvalue weighted by Gasteiger charge is -2.23. The van der Waals surface area contributed by atoms with Gasteiger partial charge in [-0.2, -0.15) is 4.31 Å². The van der Waals surface area contributed by atoms with Gasteiger partial charge in [-0.15, -0.1) is 0 Å². The highest BCUT2D eigenvalue weighted by Gasteiger charge is 2.40. The van der Waals surface area contributed by atoms with Crippen molar-refractivity contribution in [3.8, 4) is 5.75 Å². The van der Waals surface area contributed by atoms with E-state index in [1.807, 2.05) is 6.92 Å². The van der Waals surface area contributed by atoms with E-state index in [2.05, 4.69) is 5.32 Å². The summed E-state index contributed by atoms with van der Waals surface area (Å²) in [6, 6.07) is 7.35. The fraction of sp³-hybridized carbons (Fsp3) is 0.429. The highest BCUT2D eigenvalue weighted by atomic mass is 32.2. The minimum atomic E-state index is -3.97. The Bertz CT molecular complexity index is 1050.